The number of carbonyl (C=O) groups is 2. The van der Waals surface area contributed by atoms with Gasteiger partial charge in [-0.25, -0.2) is 0 Å². The summed E-state index contributed by atoms with van der Waals surface area (Å²) in [5.41, 5.74) is 0.946. The second-order valence-electron chi connectivity index (χ2n) is 4.93. The van der Waals surface area contributed by atoms with Crippen LogP contribution in [0.15, 0.2) is 36.4 Å². The molecule has 0 saturated carbocycles. The molecule has 0 spiro atoms. The smallest absolute Gasteiger partial charge is 0.262 e. The third-order valence-electron chi connectivity index (χ3n) is 3.16. The topological polar surface area (TPSA) is 76.7 Å². The Kier molecular flexibility index (Phi) is 4.78. The number of rotatable bonds is 4. The van der Waals surface area contributed by atoms with Crippen molar-refractivity contribution < 1.29 is 19.1 Å². The molecule has 8 heteroatoms. The van der Waals surface area contributed by atoms with E-state index in [9.17, 15) is 9.59 Å². The second-order valence-corrected chi connectivity index (χ2v) is 5.77. The molecule has 0 aromatic heterocycles. The zero-order chi connectivity index (χ0) is 17.1. The first-order valence-corrected chi connectivity index (χ1v) is 7.72. The Morgan fingerprint density at radius 3 is 2.96 bits per heavy atom. The Hall–Kier alpha value is -2.44. The Balaban J connectivity index is 1.66. The molecule has 0 fully saturated rings. The number of nitrogens with one attached hydrogen (secondary N) is 2. The maximum atomic E-state index is 12.1. The van der Waals surface area contributed by atoms with Crippen molar-refractivity contribution in [3.63, 3.8) is 0 Å². The minimum atomic E-state index is -0.403. The van der Waals surface area contributed by atoms with Crippen molar-refractivity contribution in [3.8, 4) is 11.5 Å². The van der Waals surface area contributed by atoms with Gasteiger partial charge in [0.25, 0.3) is 11.8 Å². The highest BCUT2D eigenvalue weighted by Crippen LogP contribution is 2.35. The number of hydrogen-bond donors (Lipinski definition) is 2. The lowest BCUT2D eigenvalue weighted by Gasteiger charge is -2.20. The number of benzene rings is 2. The van der Waals surface area contributed by atoms with Crippen LogP contribution in [0, 0.1) is 0 Å². The summed E-state index contributed by atoms with van der Waals surface area (Å²) in [5, 5.41) is 6.15. The molecule has 3 rings (SSSR count). The predicted molar refractivity (Wildman–Crippen MR) is 91.2 cm³/mol. The van der Waals surface area contributed by atoms with Crippen LogP contribution >= 0.6 is 23.2 Å². The first-order chi connectivity index (χ1) is 11.5. The minimum Gasteiger partial charge on any atom is -0.482 e. The van der Waals surface area contributed by atoms with Gasteiger partial charge in [-0.1, -0.05) is 29.3 Å². The third kappa shape index (κ3) is 3.72. The summed E-state index contributed by atoms with van der Waals surface area (Å²) >= 11 is 11.8. The largest absolute Gasteiger partial charge is 0.482 e. The maximum Gasteiger partial charge on any atom is 0.262 e. The molecule has 2 aromatic rings. The maximum absolute atomic E-state index is 12.1. The number of anilines is 2. The van der Waals surface area contributed by atoms with E-state index in [1.54, 1.807) is 30.3 Å². The van der Waals surface area contributed by atoms with E-state index in [0.717, 1.165) is 0 Å². The van der Waals surface area contributed by atoms with E-state index < -0.39 is 5.91 Å². The summed E-state index contributed by atoms with van der Waals surface area (Å²) < 4.78 is 10.7. The molecule has 24 heavy (non-hydrogen) atoms. The molecule has 1 heterocycles. The zero-order valence-corrected chi connectivity index (χ0v) is 13.8. The Bertz CT molecular complexity index is 811. The van der Waals surface area contributed by atoms with Gasteiger partial charge in [-0.2, -0.15) is 0 Å². The first kappa shape index (κ1) is 16.4. The fourth-order valence-electron chi connectivity index (χ4n) is 2.13. The summed E-state index contributed by atoms with van der Waals surface area (Å²) in [6.07, 6.45) is 0. The highest BCUT2D eigenvalue weighted by Gasteiger charge is 2.20. The number of carbonyl (C=O) groups excluding carboxylic acids is 2. The van der Waals surface area contributed by atoms with E-state index in [0.29, 0.717) is 32.9 Å². The lowest BCUT2D eigenvalue weighted by molar-refractivity contribution is -0.118. The number of halogens is 2. The highest BCUT2D eigenvalue weighted by molar-refractivity contribution is 6.34. The van der Waals surface area contributed by atoms with Gasteiger partial charge in [0.2, 0.25) is 0 Å². The predicted octanol–water partition coefficient (Wildman–Crippen LogP) is 3.34. The van der Waals surface area contributed by atoms with Crippen molar-refractivity contribution in [2.45, 2.75) is 0 Å². The summed E-state index contributed by atoms with van der Waals surface area (Å²) in [6.45, 7) is -0.357. The van der Waals surface area contributed by atoms with E-state index in [1.165, 1.54) is 6.07 Å². The van der Waals surface area contributed by atoms with Gasteiger partial charge in [-0.05, 0) is 24.3 Å². The number of ether oxygens (including phenoxy) is 2. The lowest BCUT2D eigenvalue weighted by atomic mass is 10.2. The normalized spacial score (nSPS) is 12.7. The molecule has 1 aliphatic heterocycles. The molecular formula is C16H12Cl2N2O4. The van der Waals surface area contributed by atoms with E-state index in [-0.39, 0.29) is 19.1 Å². The van der Waals surface area contributed by atoms with Crippen molar-refractivity contribution in [2.24, 2.45) is 0 Å². The standard InChI is InChI=1S/C16H12Cl2N2O4/c17-9-4-5-10(18)13(6-9)23-7-14(21)19-11-2-1-3-12-16(11)24-8-15(22)20-12/h1-6H,7-8H2,(H,19,21)(H,20,22). The van der Waals surface area contributed by atoms with E-state index in [4.69, 9.17) is 32.7 Å². The van der Waals surface area contributed by atoms with Crippen molar-refractivity contribution in [1.29, 1.82) is 0 Å². The van der Waals surface area contributed by atoms with Crippen LogP contribution in [0.4, 0.5) is 11.4 Å². The van der Waals surface area contributed by atoms with Crippen molar-refractivity contribution in [1.82, 2.24) is 0 Å². The Labute approximate surface area is 147 Å². The molecule has 2 aromatic carbocycles. The van der Waals surface area contributed by atoms with Crippen LogP contribution < -0.4 is 20.1 Å². The molecule has 0 radical (unpaired) electrons. The number of hydrogen-bond acceptors (Lipinski definition) is 4. The van der Waals surface area contributed by atoms with Crippen LogP contribution in [0.25, 0.3) is 0 Å². The Morgan fingerprint density at radius 1 is 1.29 bits per heavy atom. The quantitative estimate of drug-likeness (QED) is 0.869. The van der Waals surface area contributed by atoms with E-state index >= 15 is 0 Å². The van der Waals surface area contributed by atoms with Gasteiger partial charge in [0.05, 0.1) is 16.4 Å². The third-order valence-corrected chi connectivity index (χ3v) is 3.71. The van der Waals surface area contributed by atoms with E-state index in [1.807, 2.05) is 0 Å². The van der Waals surface area contributed by atoms with Gasteiger partial charge in [0.1, 0.15) is 5.75 Å². The zero-order valence-electron chi connectivity index (χ0n) is 12.3. The molecule has 0 saturated heterocycles. The highest BCUT2D eigenvalue weighted by atomic mass is 35.5. The molecule has 124 valence electrons. The molecule has 0 atom stereocenters. The number of para-hydroxylation sites is 1. The van der Waals surface area contributed by atoms with Crippen molar-refractivity contribution in [2.75, 3.05) is 23.8 Å². The van der Waals surface area contributed by atoms with Crippen LogP contribution in [0.1, 0.15) is 0 Å². The minimum absolute atomic E-state index is 0.103. The van der Waals surface area contributed by atoms with Gasteiger partial charge in [0.15, 0.2) is 19.0 Å². The van der Waals surface area contributed by atoms with Gasteiger partial charge in [-0.15, -0.1) is 0 Å². The van der Waals surface area contributed by atoms with Crippen LogP contribution in [0.2, 0.25) is 10.0 Å². The summed E-state index contributed by atoms with van der Waals surface area (Å²) in [5.74, 6) is 0.0778. The monoisotopic (exact) mass is 366 g/mol. The second kappa shape index (κ2) is 6.98. The SMILES string of the molecule is O=C(COc1cc(Cl)ccc1Cl)Nc1cccc2c1OCC(=O)N2. The number of amides is 2. The van der Waals surface area contributed by atoms with Gasteiger partial charge >= 0.3 is 0 Å². The molecular weight excluding hydrogens is 355 g/mol. The summed E-state index contributed by atoms with van der Waals surface area (Å²) in [7, 11) is 0. The molecule has 1 aliphatic rings. The van der Waals surface area contributed by atoms with Gasteiger partial charge in [0, 0.05) is 11.1 Å². The van der Waals surface area contributed by atoms with Crippen molar-refractivity contribution in [3.05, 3.63) is 46.4 Å². The van der Waals surface area contributed by atoms with Crippen LogP contribution in [0.5, 0.6) is 11.5 Å². The van der Waals surface area contributed by atoms with Crippen LogP contribution in [-0.4, -0.2) is 25.0 Å². The summed E-state index contributed by atoms with van der Waals surface area (Å²) in [4.78, 5) is 23.4. The molecule has 0 aliphatic carbocycles. The van der Waals surface area contributed by atoms with Gasteiger partial charge < -0.3 is 20.1 Å². The van der Waals surface area contributed by atoms with E-state index in [2.05, 4.69) is 10.6 Å². The van der Waals surface area contributed by atoms with Crippen LogP contribution in [-0.2, 0) is 9.59 Å². The molecule has 0 unspecified atom stereocenters. The molecule has 0 bridgehead atoms. The molecule has 2 amide bonds. The molecule has 2 N–H and O–H groups in total. The average Bonchev–Trinajstić information content (AvgIpc) is 2.55. The lowest BCUT2D eigenvalue weighted by Crippen LogP contribution is -2.27. The summed E-state index contributed by atoms with van der Waals surface area (Å²) in [6, 6.07) is 9.78. The number of fused-ring (bicyclic) bond motifs is 1. The fourth-order valence-corrected chi connectivity index (χ4v) is 2.46. The Morgan fingerprint density at radius 2 is 2.12 bits per heavy atom. The van der Waals surface area contributed by atoms with Gasteiger partial charge in [-0.3, -0.25) is 9.59 Å². The van der Waals surface area contributed by atoms with Crippen molar-refractivity contribution >= 4 is 46.4 Å². The fraction of sp³-hybridized carbons (Fsp3) is 0.125. The van der Waals surface area contributed by atoms with Crippen LogP contribution in [0.3, 0.4) is 0 Å². The molecule has 6 nitrogen and oxygen atoms in total. The average molecular weight is 367 g/mol. The first-order valence-electron chi connectivity index (χ1n) is 6.96.